The topological polar surface area (TPSA) is 114 Å². The number of amides is 1. The highest BCUT2D eigenvalue weighted by atomic mass is 16.5. The number of benzene rings is 1. The first-order valence-electron chi connectivity index (χ1n) is 10.0. The number of pyridine rings is 1. The smallest absolute Gasteiger partial charge is 0.274 e. The molecular weight excluding hydrogens is 394 g/mol. The standard InChI is InChI=1S/C23H25N5O3/c1-12(2)20-22(29)27-18-8-13(14(9-24)10-25-3)7-16(21(18)31-20)17-11-28(4)23(30)19-15(17)5-6-26-19/h5-12,20,26H,24H2,1-4H3,(H,27,29)/b14-9+,25-10?. The van der Waals surface area contributed by atoms with Crippen LogP contribution in [0.1, 0.15) is 19.4 Å². The van der Waals surface area contributed by atoms with Crippen LogP contribution in [0.4, 0.5) is 5.69 Å². The van der Waals surface area contributed by atoms with Gasteiger partial charge in [-0.15, -0.1) is 0 Å². The molecule has 1 aromatic carbocycles. The molecule has 4 N–H and O–H groups in total. The van der Waals surface area contributed by atoms with Gasteiger partial charge in [0, 0.05) is 61.0 Å². The Balaban J connectivity index is 2.05. The molecule has 0 fully saturated rings. The molecule has 8 nitrogen and oxygen atoms in total. The van der Waals surface area contributed by atoms with Gasteiger partial charge in [-0.05, 0) is 29.7 Å². The SMILES string of the molecule is CN=C/C(=C\N)c1cc2c(c(-c3cn(C)c(=O)c4[nH]ccc34)c1)OC(C(C)C)C(=O)N2. The number of nitrogens with two attached hydrogens (primary N) is 1. The van der Waals surface area contributed by atoms with Crippen LogP contribution in [0.15, 0.2) is 46.6 Å². The lowest BCUT2D eigenvalue weighted by Crippen LogP contribution is -2.40. The van der Waals surface area contributed by atoms with Crippen molar-refractivity contribution in [2.45, 2.75) is 20.0 Å². The molecule has 8 heteroatoms. The first kappa shape index (κ1) is 20.5. The van der Waals surface area contributed by atoms with Crippen molar-refractivity contribution >= 4 is 34.3 Å². The molecule has 1 aliphatic rings. The number of fused-ring (bicyclic) bond motifs is 2. The number of H-pyrrole nitrogens is 1. The molecule has 1 atom stereocenters. The van der Waals surface area contributed by atoms with Crippen molar-refractivity contribution in [1.82, 2.24) is 9.55 Å². The maximum atomic E-state index is 12.6. The average Bonchev–Trinajstić information content (AvgIpc) is 3.23. The Labute approximate surface area is 179 Å². The number of aromatic amines is 1. The van der Waals surface area contributed by atoms with E-state index in [4.69, 9.17) is 10.5 Å². The fourth-order valence-electron chi connectivity index (χ4n) is 3.88. The van der Waals surface area contributed by atoms with E-state index in [0.29, 0.717) is 22.5 Å². The zero-order chi connectivity index (χ0) is 22.3. The van der Waals surface area contributed by atoms with Crippen LogP contribution in [-0.2, 0) is 11.8 Å². The summed E-state index contributed by atoms with van der Waals surface area (Å²) in [6.45, 7) is 3.87. The van der Waals surface area contributed by atoms with Crippen LogP contribution in [0, 0.1) is 5.92 Å². The summed E-state index contributed by atoms with van der Waals surface area (Å²) in [6, 6.07) is 5.63. The van der Waals surface area contributed by atoms with Crippen LogP contribution in [0.25, 0.3) is 27.6 Å². The highest BCUT2D eigenvalue weighted by Gasteiger charge is 2.33. The third kappa shape index (κ3) is 3.39. The Morgan fingerprint density at radius 2 is 2.06 bits per heavy atom. The number of aromatic nitrogens is 2. The zero-order valence-corrected chi connectivity index (χ0v) is 17.9. The fourth-order valence-corrected chi connectivity index (χ4v) is 3.88. The van der Waals surface area contributed by atoms with E-state index in [-0.39, 0.29) is 17.4 Å². The first-order chi connectivity index (χ1) is 14.8. The van der Waals surface area contributed by atoms with Gasteiger partial charge in [-0.2, -0.15) is 0 Å². The van der Waals surface area contributed by atoms with E-state index in [1.54, 1.807) is 32.7 Å². The largest absolute Gasteiger partial charge is 0.477 e. The number of nitrogens with one attached hydrogen (secondary N) is 2. The number of anilines is 1. The Morgan fingerprint density at radius 3 is 2.74 bits per heavy atom. The maximum Gasteiger partial charge on any atom is 0.274 e. The summed E-state index contributed by atoms with van der Waals surface area (Å²) in [5.41, 5.74) is 9.80. The van der Waals surface area contributed by atoms with E-state index < -0.39 is 6.10 Å². The van der Waals surface area contributed by atoms with Gasteiger partial charge in [0.1, 0.15) is 5.52 Å². The minimum Gasteiger partial charge on any atom is -0.477 e. The molecular formula is C23H25N5O3. The molecule has 1 aliphatic heterocycles. The lowest BCUT2D eigenvalue weighted by molar-refractivity contribution is -0.125. The Bertz CT molecular complexity index is 1300. The van der Waals surface area contributed by atoms with Gasteiger partial charge in [-0.1, -0.05) is 13.8 Å². The molecule has 3 heterocycles. The van der Waals surface area contributed by atoms with Crippen LogP contribution in [0.2, 0.25) is 0 Å². The second-order valence-corrected chi connectivity index (χ2v) is 7.91. The molecule has 2 aromatic heterocycles. The number of ether oxygens (including phenoxy) is 1. The minimum absolute atomic E-state index is 0.0141. The third-order valence-electron chi connectivity index (χ3n) is 5.42. The van der Waals surface area contributed by atoms with Crippen molar-refractivity contribution in [3.63, 3.8) is 0 Å². The second-order valence-electron chi connectivity index (χ2n) is 7.91. The fraction of sp³-hybridized carbons (Fsp3) is 0.261. The molecule has 3 aromatic rings. The number of hydrogen-bond donors (Lipinski definition) is 3. The molecule has 0 saturated heterocycles. The van der Waals surface area contributed by atoms with Gasteiger partial charge >= 0.3 is 0 Å². The number of carbonyl (C=O) groups is 1. The molecule has 1 unspecified atom stereocenters. The second kappa shape index (κ2) is 7.79. The molecule has 160 valence electrons. The number of carbonyl (C=O) groups excluding carboxylic acids is 1. The molecule has 0 saturated carbocycles. The lowest BCUT2D eigenvalue weighted by atomic mass is 9.94. The Morgan fingerprint density at radius 1 is 1.29 bits per heavy atom. The predicted octanol–water partition coefficient (Wildman–Crippen LogP) is 2.89. The van der Waals surface area contributed by atoms with Crippen molar-refractivity contribution < 1.29 is 9.53 Å². The molecule has 4 rings (SSSR count). The number of allylic oxidation sites excluding steroid dienone is 1. The number of nitrogens with zero attached hydrogens (tertiary/aromatic N) is 2. The van der Waals surface area contributed by atoms with Crippen molar-refractivity contribution in [2.24, 2.45) is 23.7 Å². The average molecular weight is 419 g/mol. The van der Waals surface area contributed by atoms with E-state index in [1.165, 1.54) is 10.8 Å². The number of aryl methyl sites for hydroxylation is 1. The third-order valence-corrected chi connectivity index (χ3v) is 5.42. The van der Waals surface area contributed by atoms with Gasteiger partial charge in [0.15, 0.2) is 11.9 Å². The van der Waals surface area contributed by atoms with Gasteiger partial charge in [0.05, 0.1) is 5.69 Å². The van der Waals surface area contributed by atoms with Crippen LogP contribution < -0.4 is 21.3 Å². The van der Waals surface area contributed by atoms with Gasteiger partial charge < -0.3 is 25.3 Å². The van der Waals surface area contributed by atoms with Crippen molar-refractivity contribution in [1.29, 1.82) is 0 Å². The molecule has 31 heavy (non-hydrogen) atoms. The normalized spacial score (nSPS) is 16.6. The number of hydrogen-bond acceptors (Lipinski definition) is 5. The molecule has 0 aliphatic carbocycles. The van der Waals surface area contributed by atoms with Gasteiger partial charge in [0.25, 0.3) is 11.5 Å². The summed E-state index contributed by atoms with van der Waals surface area (Å²) in [5, 5.41) is 3.75. The summed E-state index contributed by atoms with van der Waals surface area (Å²) in [4.78, 5) is 32.3. The Kier molecular flexibility index (Phi) is 5.14. The highest BCUT2D eigenvalue weighted by molar-refractivity contribution is 6.12. The summed E-state index contributed by atoms with van der Waals surface area (Å²) in [5.74, 6) is 0.355. The Hall–Kier alpha value is -3.81. The lowest BCUT2D eigenvalue weighted by Gasteiger charge is -2.30. The van der Waals surface area contributed by atoms with E-state index >= 15 is 0 Å². The van der Waals surface area contributed by atoms with E-state index in [9.17, 15) is 9.59 Å². The molecule has 1 amide bonds. The predicted molar refractivity (Wildman–Crippen MR) is 123 cm³/mol. The van der Waals surface area contributed by atoms with Crippen molar-refractivity contribution in [2.75, 3.05) is 12.4 Å². The minimum atomic E-state index is -0.618. The van der Waals surface area contributed by atoms with Crippen LogP contribution in [0.3, 0.4) is 0 Å². The maximum absolute atomic E-state index is 12.6. The van der Waals surface area contributed by atoms with Crippen molar-refractivity contribution in [3.8, 4) is 16.9 Å². The monoisotopic (exact) mass is 419 g/mol. The van der Waals surface area contributed by atoms with Gasteiger partial charge in [-0.3, -0.25) is 14.6 Å². The number of aliphatic imine (C=N–C) groups is 1. The van der Waals surface area contributed by atoms with E-state index in [0.717, 1.165) is 22.1 Å². The molecule has 0 radical (unpaired) electrons. The van der Waals surface area contributed by atoms with E-state index in [1.807, 2.05) is 32.0 Å². The first-order valence-corrected chi connectivity index (χ1v) is 10.0. The summed E-state index contributed by atoms with van der Waals surface area (Å²) < 4.78 is 7.75. The van der Waals surface area contributed by atoms with Crippen LogP contribution >= 0.6 is 0 Å². The van der Waals surface area contributed by atoms with Gasteiger partial charge in [-0.25, -0.2) is 0 Å². The summed E-state index contributed by atoms with van der Waals surface area (Å²) >= 11 is 0. The van der Waals surface area contributed by atoms with Crippen LogP contribution in [0.5, 0.6) is 5.75 Å². The summed E-state index contributed by atoms with van der Waals surface area (Å²) in [7, 11) is 3.37. The quantitative estimate of drug-likeness (QED) is 0.564. The molecule has 0 bridgehead atoms. The van der Waals surface area contributed by atoms with E-state index in [2.05, 4.69) is 15.3 Å². The van der Waals surface area contributed by atoms with Crippen molar-refractivity contribution in [3.05, 3.63) is 52.7 Å². The number of rotatable bonds is 4. The van der Waals surface area contributed by atoms with Crippen LogP contribution in [-0.4, -0.2) is 34.8 Å². The highest BCUT2D eigenvalue weighted by Crippen LogP contribution is 2.44. The molecule has 0 spiro atoms. The summed E-state index contributed by atoms with van der Waals surface area (Å²) in [6.07, 6.45) is 6.02. The zero-order valence-electron chi connectivity index (χ0n) is 17.9. The van der Waals surface area contributed by atoms with Gasteiger partial charge in [0.2, 0.25) is 0 Å².